The first kappa shape index (κ1) is 17.3. The molecule has 1 aromatic carbocycles. The van der Waals surface area contributed by atoms with Crippen LogP contribution in [0.15, 0.2) is 36.5 Å². The Hall–Kier alpha value is -3.15. The fraction of sp³-hybridized carbons (Fsp3) is 0.286. The number of nitrogens with one attached hydrogen (secondary N) is 3. The molecular formula is C21H22N4O2. The van der Waals surface area contributed by atoms with E-state index < -0.39 is 0 Å². The lowest BCUT2D eigenvalue weighted by molar-refractivity contribution is 0.0932. The summed E-state index contributed by atoms with van der Waals surface area (Å²) in [5, 5.41) is 2.97. The molecule has 1 aliphatic carbocycles. The first-order valence-corrected chi connectivity index (χ1v) is 9.20. The normalized spacial score (nSPS) is 14.7. The number of aryl methyl sites for hydroxylation is 1. The van der Waals surface area contributed by atoms with Gasteiger partial charge in [0, 0.05) is 17.7 Å². The van der Waals surface area contributed by atoms with Crippen LogP contribution < -0.4 is 5.32 Å². The second-order valence-corrected chi connectivity index (χ2v) is 7.00. The number of ketones is 1. The van der Waals surface area contributed by atoms with E-state index in [9.17, 15) is 9.59 Å². The van der Waals surface area contributed by atoms with Crippen LogP contribution in [0.3, 0.4) is 0 Å². The Kier molecular flexibility index (Phi) is 4.39. The molecule has 1 aliphatic rings. The molecule has 6 nitrogen and oxygen atoms in total. The van der Waals surface area contributed by atoms with Crippen molar-refractivity contribution >= 4 is 11.7 Å². The summed E-state index contributed by atoms with van der Waals surface area (Å²) in [4.78, 5) is 35.7. The highest BCUT2D eigenvalue weighted by atomic mass is 16.2. The average molecular weight is 362 g/mol. The van der Waals surface area contributed by atoms with Gasteiger partial charge >= 0.3 is 0 Å². The smallest absolute Gasteiger partial charge is 0.268 e. The van der Waals surface area contributed by atoms with E-state index in [0.717, 1.165) is 35.4 Å². The van der Waals surface area contributed by atoms with Crippen molar-refractivity contribution in [3.05, 3.63) is 64.9 Å². The summed E-state index contributed by atoms with van der Waals surface area (Å²) < 4.78 is 0. The minimum absolute atomic E-state index is 0.121. The van der Waals surface area contributed by atoms with Crippen LogP contribution >= 0.6 is 0 Å². The van der Waals surface area contributed by atoms with Crippen molar-refractivity contribution in [3.63, 3.8) is 0 Å². The fourth-order valence-corrected chi connectivity index (χ4v) is 3.66. The second-order valence-electron chi connectivity index (χ2n) is 7.00. The highest BCUT2D eigenvalue weighted by molar-refractivity contribution is 6.04. The second kappa shape index (κ2) is 6.87. The lowest BCUT2D eigenvalue weighted by atomic mass is 9.94. The third-order valence-corrected chi connectivity index (χ3v) is 5.10. The minimum atomic E-state index is -0.287. The van der Waals surface area contributed by atoms with Gasteiger partial charge in [-0.1, -0.05) is 30.3 Å². The number of amides is 1. The lowest BCUT2D eigenvalue weighted by Gasteiger charge is -2.11. The van der Waals surface area contributed by atoms with Gasteiger partial charge in [0.2, 0.25) is 0 Å². The molecule has 2 aromatic heterocycles. The summed E-state index contributed by atoms with van der Waals surface area (Å²) in [6.45, 7) is 3.72. The number of imidazole rings is 1. The Balaban J connectivity index is 1.52. The molecule has 0 spiro atoms. The van der Waals surface area contributed by atoms with E-state index in [1.165, 1.54) is 0 Å². The van der Waals surface area contributed by atoms with Gasteiger partial charge in [-0.3, -0.25) is 9.59 Å². The molecule has 1 unspecified atom stereocenters. The molecule has 3 N–H and O–H groups in total. The summed E-state index contributed by atoms with van der Waals surface area (Å²) in [7, 11) is 0. The lowest BCUT2D eigenvalue weighted by Crippen LogP contribution is -2.28. The Bertz CT molecular complexity index is 1000. The Morgan fingerprint density at radius 1 is 1.19 bits per heavy atom. The molecule has 4 rings (SSSR count). The average Bonchev–Trinajstić information content (AvgIpc) is 3.28. The van der Waals surface area contributed by atoms with E-state index in [-0.39, 0.29) is 17.7 Å². The SMILES string of the molecule is Cc1c(C(=O)NC(C)c2ncc(-c3ccccc3)[nH]2)[nH]c2c1C(=O)CCC2. The number of fused-ring (bicyclic) bond motifs is 1. The van der Waals surface area contributed by atoms with Gasteiger partial charge in [0.1, 0.15) is 11.5 Å². The minimum Gasteiger partial charge on any atom is -0.354 e. The van der Waals surface area contributed by atoms with Crippen molar-refractivity contribution in [2.24, 2.45) is 0 Å². The molecule has 1 amide bonds. The molecular weight excluding hydrogens is 340 g/mol. The Morgan fingerprint density at radius 2 is 1.96 bits per heavy atom. The van der Waals surface area contributed by atoms with E-state index in [1.807, 2.05) is 44.2 Å². The van der Waals surface area contributed by atoms with E-state index in [4.69, 9.17) is 0 Å². The number of aromatic nitrogens is 3. The number of carbonyl (C=O) groups is 2. The maximum Gasteiger partial charge on any atom is 0.268 e. The van der Waals surface area contributed by atoms with Gasteiger partial charge in [-0.25, -0.2) is 4.98 Å². The molecule has 3 aromatic rings. The maximum atomic E-state index is 12.8. The van der Waals surface area contributed by atoms with Crippen molar-refractivity contribution in [3.8, 4) is 11.3 Å². The highest BCUT2D eigenvalue weighted by Crippen LogP contribution is 2.27. The van der Waals surface area contributed by atoms with E-state index in [2.05, 4.69) is 20.3 Å². The maximum absolute atomic E-state index is 12.8. The fourth-order valence-electron chi connectivity index (χ4n) is 3.66. The quantitative estimate of drug-likeness (QED) is 0.660. The molecule has 0 saturated carbocycles. The molecule has 138 valence electrons. The molecule has 6 heteroatoms. The van der Waals surface area contributed by atoms with E-state index in [0.29, 0.717) is 23.5 Å². The van der Waals surface area contributed by atoms with Crippen molar-refractivity contribution in [2.45, 2.75) is 39.2 Å². The van der Waals surface area contributed by atoms with Crippen LogP contribution in [0.25, 0.3) is 11.3 Å². The van der Waals surface area contributed by atoms with Crippen molar-refractivity contribution in [1.82, 2.24) is 20.3 Å². The van der Waals surface area contributed by atoms with Gasteiger partial charge in [-0.15, -0.1) is 0 Å². The van der Waals surface area contributed by atoms with Gasteiger partial charge in [0.05, 0.1) is 17.9 Å². The number of H-pyrrole nitrogens is 2. The molecule has 0 saturated heterocycles. The monoisotopic (exact) mass is 362 g/mol. The summed E-state index contributed by atoms with van der Waals surface area (Å²) in [6, 6.07) is 9.63. The summed E-state index contributed by atoms with van der Waals surface area (Å²) >= 11 is 0. The number of Topliss-reactive ketones (excluding diaryl/α,β-unsaturated/α-hetero) is 1. The van der Waals surface area contributed by atoms with Crippen LogP contribution in [0, 0.1) is 6.92 Å². The predicted molar refractivity (Wildman–Crippen MR) is 103 cm³/mol. The van der Waals surface area contributed by atoms with Gasteiger partial charge < -0.3 is 15.3 Å². The van der Waals surface area contributed by atoms with Crippen LogP contribution in [0.2, 0.25) is 0 Å². The van der Waals surface area contributed by atoms with Gasteiger partial charge in [-0.2, -0.15) is 0 Å². The molecule has 1 atom stereocenters. The van der Waals surface area contributed by atoms with Crippen LogP contribution in [-0.4, -0.2) is 26.6 Å². The number of benzene rings is 1. The summed E-state index contributed by atoms with van der Waals surface area (Å²) in [5.41, 5.74) is 4.74. The molecule has 0 fully saturated rings. The number of hydrogen-bond donors (Lipinski definition) is 3. The van der Waals surface area contributed by atoms with Crippen molar-refractivity contribution in [2.75, 3.05) is 0 Å². The summed E-state index contributed by atoms with van der Waals surface area (Å²) in [5.74, 6) is 0.586. The molecule has 0 radical (unpaired) electrons. The van der Waals surface area contributed by atoms with Crippen LogP contribution in [0.4, 0.5) is 0 Å². The zero-order valence-corrected chi connectivity index (χ0v) is 15.4. The standard InChI is InChI=1S/C21H22N4O2/c1-12-18-15(9-6-10-17(18)26)24-19(12)21(27)23-13(2)20-22-11-16(25-20)14-7-4-3-5-8-14/h3-5,7-8,11,13,24H,6,9-10H2,1-2H3,(H,22,25)(H,23,27). The van der Waals surface area contributed by atoms with Gasteiger partial charge in [-0.05, 0) is 37.8 Å². The number of nitrogens with zero attached hydrogens (tertiary/aromatic N) is 1. The predicted octanol–water partition coefficient (Wildman–Crippen LogP) is 3.72. The van der Waals surface area contributed by atoms with Crippen LogP contribution in [0.1, 0.15) is 63.7 Å². The number of rotatable bonds is 4. The first-order chi connectivity index (χ1) is 13.0. The highest BCUT2D eigenvalue weighted by Gasteiger charge is 2.27. The number of carbonyl (C=O) groups excluding carboxylic acids is 2. The van der Waals surface area contributed by atoms with Crippen LogP contribution in [-0.2, 0) is 6.42 Å². The molecule has 27 heavy (non-hydrogen) atoms. The number of aromatic amines is 2. The molecule has 0 aliphatic heterocycles. The molecule has 2 heterocycles. The first-order valence-electron chi connectivity index (χ1n) is 9.20. The van der Waals surface area contributed by atoms with E-state index >= 15 is 0 Å². The number of hydrogen-bond acceptors (Lipinski definition) is 3. The van der Waals surface area contributed by atoms with Crippen molar-refractivity contribution < 1.29 is 9.59 Å². The Labute approximate surface area is 157 Å². The summed E-state index contributed by atoms with van der Waals surface area (Å²) in [6.07, 6.45) is 3.96. The third-order valence-electron chi connectivity index (χ3n) is 5.10. The third kappa shape index (κ3) is 3.18. The van der Waals surface area contributed by atoms with Gasteiger partial charge in [0.25, 0.3) is 5.91 Å². The van der Waals surface area contributed by atoms with Crippen molar-refractivity contribution in [1.29, 1.82) is 0 Å². The zero-order valence-electron chi connectivity index (χ0n) is 15.4. The zero-order chi connectivity index (χ0) is 19.0. The Morgan fingerprint density at radius 3 is 2.70 bits per heavy atom. The molecule has 0 bridgehead atoms. The topological polar surface area (TPSA) is 90.6 Å². The van der Waals surface area contributed by atoms with Gasteiger partial charge in [0.15, 0.2) is 5.78 Å². The van der Waals surface area contributed by atoms with Crippen LogP contribution in [0.5, 0.6) is 0 Å². The largest absolute Gasteiger partial charge is 0.354 e. The van der Waals surface area contributed by atoms with E-state index in [1.54, 1.807) is 6.20 Å².